The monoisotopic (exact) mass is 348 g/mol. The lowest BCUT2D eigenvalue weighted by Gasteiger charge is -2.13. The minimum Gasteiger partial charge on any atom is -0.0792 e. The van der Waals surface area contributed by atoms with Gasteiger partial charge in [-0.3, -0.25) is 0 Å². The molecule has 0 saturated carbocycles. The second kappa shape index (κ2) is 6.19. The van der Waals surface area contributed by atoms with Crippen molar-refractivity contribution in [3.63, 3.8) is 0 Å². The van der Waals surface area contributed by atoms with Gasteiger partial charge < -0.3 is 0 Å². The van der Waals surface area contributed by atoms with Crippen molar-refractivity contribution < 1.29 is 0 Å². The third-order valence-electron chi connectivity index (χ3n) is 3.12. The lowest BCUT2D eigenvalue weighted by atomic mass is 9.93. The lowest BCUT2D eigenvalue weighted by molar-refractivity contribution is 1.13. The number of allylic oxidation sites excluding steroid dienone is 1. The average molecular weight is 348 g/mol. The number of hydrogen-bond acceptors (Lipinski definition) is 0. The van der Waals surface area contributed by atoms with Crippen LogP contribution in [-0.4, -0.2) is 0 Å². The third-order valence-corrected chi connectivity index (χ3v) is 3.79. The van der Waals surface area contributed by atoms with E-state index in [1.54, 1.807) is 0 Å². The van der Waals surface area contributed by atoms with Gasteiger partial charge in [0, 0.05) is 3.57 Å². The summed E-state index contributed by atoms with van der Waals surface area (Å²) in [4.78, 5) is 0. The van der Waals surface area contributed by atoms with Crippen molar-refractivity contribution in [2.24, 2.45) is 0 Å². The summed E-state index contributed by atoms with van der Waals surface area (Å²) in [6.07, 6.45) is 3.27. The zero-order valence-corrected chi connectivity index (χ0v) is 12.9. The Labute approximate surface area is 123 Å². The van der Waals surface area contributed by atoms with Gasteiger partial charge in [0.1, 0.15) is 0 Å². The van der Waals surface area contributed by atoms with E-state index in [9.17, 15) is 0 Å². The van der Waals surface area contributed by atoms with E-state index in [2.05, 4.69) is 91.0 Å². The predicted molar refractivity (Wildman–Crippen MR) is 87.7 cm³/mol. The smallest absolute Gasteiger partial charge is 0.0136 e. The second-order valence-electron chi connectivity index (χ2n) is 4.22. The van der Waals surface area contributed by atoms with Crippen molar-refractivity contribution in [3.8, 4) is 0 Å². The first-order valence-corrected chi connectivity index (χ1v) is 7.34. The van der Waals surface area contributed by atoms with Crippen LogP contribution in [0.2, 0.25) is 0 Å². The van der Waals surface area contributed by atoms with E-state index in [0.717, 1.165) is 6.42 Å². The van der Waals surface area contributed by atoms with Gasteiger partial charge in [0.05, 0.1) is 0 Å². The van der Waals surface area contributed by atoms with Gasteiger partial charge in [0.15, 0.2) is 0 Å². The fourth-order valence-corrected chi connectivity index (χ4v) is 2.69. The number of aryl methyl sites for hydroxylation is 1. The van der Waals surface area contributed by atoms with Gasteiger partial charge in [0.2, 0.25) is 0 Å². The first-order chi connectivity index (χ1) is 8.76. The molecule has 0 aliphatic rings. The van der Waals surface area contributed by atoms with Gasteiger partial charge in [-0.1, -0.05) is 49.4 Å². The third kappa shape index (κ3) is 2.83. The molecule has 0 atom stereocenters. The van der Waals surface area contributed by atoms with Crippen LogP contribution in [0.1, 0.15) is 30.5 Å². The minimum absolute atomic E-state index is 1.07. The van der Waals surface area contributed by atoms with E-state index >= 15 is 0 Å². The first kappa shape index (κ1) is 13.3. The molecule has 0 nitrogen and oxygen atoms in total. The van der Waals surface area contributed by atoms with Crippen molar-refractivity contribution in [1.82, 2.24) is 0 Å². The van der Waals surface area contributed by atoms with E-state index in [1.165, 1.54) is 25.8 Å². The molecule has 92 valence electrons. The Morgan fingerprint density at radius 2 is 1.83 bits per heavy atom. The topological polar surface area (TPSA) is 0 Å². The minimum atomic E-state index is 1.07. The zero-order valence-electron chi connectivity index (χ0n) is 10.8. The average Bonchev–Trinajstić information content (AvgIpc) is 2.41. The van der Waals surface area contributed by atoms with E-state index in [-0.39, 0.29) is 0 Å². The van der Waals surface area contributed by atoms with E-state index < -0.39 is 0 Å². The maximum atomic E-state index is 2.38. The molecule has 0 saturated heterocycles. The number of benzene rings is 2. The quantitative estimate of drug-likeness (QED) is 0.660. The van der Waals surface area contributed by atoms with Gasteiger partial charge in [-0.25, -0.2) is 0 Å². The summed E-state index contributed by atoms with van der Waals surface area (Å²) < 4.78 is 1.29. The maximum Gasteiger partial charge on any atom is 0.0136 e. The van der Waals surface area contributed by atoms with Crippen molar-refractivity contribution in [2.75, 3.05) is 0 Å². The highest BCUT2D eigenvalue weighted by Crippen LogP contribution is 2.28. The summed E-state index contributed by atoms with van der Waals surface area (Å²) in [7, 11) is 0. The number of rotatable bonds is 3. The van der Waals surface area contributed by atoms with Gasteiger partial charge in [-0.2, -0.15) is 0 Å². The molecule has 0 fully saturated rings. The first-order valence-electron chi connectivity index (χ1n) is 6.26. The fourth-order valence-electron chi connectivity index (χ4n) is 2.20. The molecule has 0 bridgehead atoms. The fraction of sp³-hybridized carbons (Fsp3) is 0.176. The van der Waals surface area contributed by atoms with Crippen LogP contribution in [0.5, 0.6) is 0 Å². The number of hydrogen-bond donors (Lipinski definition) is 0. The van der Waals surface area contributed by atoms with Crippen LogP contribution in [-0.2, 0) is 6.42 Å². The van der Waals surface area contributed by atoms with Crippen LogP contribution in [0.25, 0.3) is 5.57 Å². The molecule has 0 heterocycles. The van der Waals surface area contributed by atoms with E-state index in [1.807, 2.05) is 0 Å². The summed E-state index contributed by atoms with van der Waals surface area (Å²) in [5.74, 6) is 0. The summed E-state index contributed by atoms with van der Waals surface area (Å²) >= 11 is 2.38. The second-order valence-corrected chi connectivity index (χ2v) is 5.47. The molecule has 0 amide bonds. The molecule has 2 aromatic carbocycles. The zero-order chi connectivity index (χ0) is 13.0. The molecule has 0 aromatic heterocycles. The standard InChI is InChI=1S/C17H17I/c1-3-13-10-11-15(18)12-17(13)16(4-2)14-8-6-5-7-9-14/h4-12H,3H2,1-2H3/b16-4+. The number of halogens is 1. The van der Waals surface area contributed by atoms with Crippen molar-refractivity contribution in [2.45, 2.75) is 20.3 Å². The summed E-state index contributed by atoms with van der Waals surface area (Å²) in [6, 6.07) is 17.3. The molecular formula is C17H17I. The molecule has 1 heteroatoms. The molecule has 18 heavy (non-hydrogen) atoms. The van der Waals surface area contributed by atoms with Crippen LogP contribution >= 0.6 is 22.6 Å². The summed E-state index contributed by atoms with van der Waals surface area (Å²) in [6.45, 7) is 4.33. The maximum absolute atomic E-state index is 2.38. The van der Waals surface area contributed by atoms with Crippen LogP contribution < -0.4 is 0 Å². The molecule has 0 aliphatic heterocycles. The Morgan fingerprint density at radius 1 is 1.11 bits per heavy atom. The Bertz CT molecular complexity index is 553. The van der Waals surface area contributed by atoms with Gasteiger partial charge in [-0.15, -0.1) is 0 Å². The van der Waals surface area contributed by atoms with Crippen molar-refractivity contribution in [3.05, 3.63) is 74.9 Å². The van der Waals surface area contributed by atoms with Gasteiger partial charge in [0.25, 0.3) is 0 Å². The van der Waals surface area contributed by atoms with E-state index in [0.29, 0.717) is 0 Å². The molecule has 0 aliphatic carbocycles. The normalized spacial score (nSPS) is 11.6. The molecule has 2 rings (SSSR count). The van der Waals surface area contributed by atoms with Crippen molar-refractivity contribution in [1.29, 1.82) is 0 Å². The summed E-state index contributed by atoms with van der Waals surface area (Å²) in [5.41, 5.74) is 5.38. The molecule has 0 radical (unpaired) electrons. The highest BCUT2D eigenvalue weighted by Gasteiger charge is 2.08. The van der Waals surface area contributed by atoms with Gasteiger partial charge >= 0.3 is 0 Å². The molecule has 0 N–H and O–H groups in total. The predicted octanol–water partition coefficient (Wildman–Crippen LogP) is 5.31. The van der Waals surface area contributed by atoms with Crippen LogP contribution in [0.4, 0.5) is 0 Å². The Hall–Kier alpha value is -1.09. The molecule has 0 spiro atoms. The highest BCUT2D eigenvalue weighted by molar-refractivity contribution is 14.1. The molecule has 0 unspecified atom stereocenters. The SMILES string of the molecule is C/C=C(\c1ccccc1)c1cc(I)ccc1CC. The molecular weight excluding hydrogens is 331 g/mol. The van der Waals surface area contributed by atoms with Gasteiger partial charge in [-0.05, 0) is 70.3 Å². The van der Waals surface area contributed by atoms with E-state index in [4.69, 9.17) is 0 Å². The largest absolute Gasteiger partial charge is 0.0792 e. The Balaban J connectivity index is 2.56. The van der Waals surface area contributed by atoms with Crippen LogP contribution in [0.3, 0.4) is 0 Å². The lowest BCUT2D eigenvalue weighted by Crippen LogP contribution is -1.95. The van der Waals surface area contributed by atoms with Crippen molar-refractivity contribution >= 4 is 28.2 Å². The van der Waals surface area contributed by atoms with Crippen LogP contribution in [0.15, 0.2) is 54.6 Å². The Morgan fingerprint density at radius 3 is 2.44 bits per heavy atom. The highest BCUT2D eigenvalue weighted by atomic mass is 127. The van der Waals surface area contributed by atoms with Crippen LogP contribution in [0, 0.1) is 3.57 Å². The molecule has 2 aromatic rings. The summed E-state index contributed by atoms with van der Waals surface area (Å²) in [5, 5.41) is 0. The Kier molecular flexibility index (Phi) is 4.59.